The molecule has 3 nitrogen and oxygen atoms in total. The van der Waals surface area contributed by atoms with Gasteiger partial charge in [0, 0.05) is 29.7 Å². The average molecular weight is 440 g/mol. The molecule has 0 heterocycles. The molecular formula is C20H43BrO3Si. The van der Waals surface area contributed by atoms with Gasteiger partial charge in [-0.1, -0.05) is 60.9 Å². The second-order valence-electron chi connectivity index (χ2n) is 7.80. The molecule has 0 aromatic heterocycles. The largest absolute Gasteiger partial charge is 0.501 e. The first-order valence-corrected chi connectivity index (χ1v) is 13.5. The molecule has 0 rings (SSSR count). The predicted octanol–water partition coefficient (Wildman–Crippen LogP) is 7.11. The number of hydrogen-bond donors (Lipinski definition) is 0. The second kappa shape index (κ2) is 15.6. The first kappa shape index (κ1) is 25.6. The zero-order valence-electron chi connectivity index (χ0n) is 17.6. The van der Waals surface area contributed by atoms with Crippen molar-refractivity contribution in [1.29, 1.82) is 0 Å². The maximum absolute atomic E-state index is 6.23. The van der Waals surface area contributed by atoms with Crippen LogP contribution in [0.5, 0.6) is 0 Å². The lowest BCUT2D eigenvalue weighted by molar-refractivity contribution is 0.00278. The van der Waals surface area contributed by atoms with Crippen LogP contribution in [0.4, 0.5) is 0 Å². The fraction of sp³-hybridized carbons (Fsp3) is 1.00. The highest BCUT2D eigenvalue weighted by atomic mass is 79.9. The fourth-order valence-corrected chi connectivity index (χ4v) is 6.77. The highest BCUT2D eigenvalue weighted by molar-refractivity contribution is 9.09. The zero-order chi connectivity index (χ0) is 19.1. The Kier molecular flexibility index (Phi) is 16.0. The van der Waals surface area contributed by atoms with E-state index in [0.717, 1.165) is 17.8 Å². The van der Waals surface area contributed by atoms with Crippen molar-refractivity contribution >= 4 is 24.7 Å². The van der Waals surface area contributed by atoms with Crippen molar-refractivity contribution in [2.24, 2.45) is 0 Å². The Morgan fingerprint density at radius 2 is 0.880 bits per heavy atom. The number of rotatable bonds is 17. The van der Waals surface area contributed by atoms with E-state index in [1.807, 2.05) is 0 Å². The first-order valence-electron chi connectivity index (χ1n) is 10.4. The number of halogens is 1. The van der Waals surface area contributed by atoms with E-state index in [9.17, 15) is 0 Å². The highest BCUT2D eigenvalue weighted by Crippen LogP contribution is 2.25. The lowest BCUT2D eigenvalue weighted by Gasteiger charge is -2.34. The molecule has 0 bridgehead atoms. The van der Waals surface area contributed by atoms with Crippen LogP contribution >= 0.6 is 15.9 Å². The minimum Gasteiger partial charge on any atom is -0.371 e. The molecule has 0 aliphatic carbocycles. The smallest absolute Gasteiger partial charge is 0.371 e. The summed E-state index contributed by atoms with van der Waals surface area (Å²) in [5.41, 5.74) is 0. The van der Waals surface area contributed by atoms with E-state index in [0.29, 0.717) is 0 Å². The van der Waals surface area contributed by atoms with Gasteiger partial charge in [0.1, 0.15) is 0 Å². The van der Waals surface area contributed by atoms with E-state index in [2.05, 4.69) is 57.5 Å². The lowest BCUT2D eigenvalue weighted by atomic mass is 10.1. The van der Waals surface area contributed by atoms with E-state index in [1.54, 1.807) is 0 Å². The van der Waals surface area contributed by atoms with Gasteiger partial charge in [-0.2, -0.15) is 0 Å². The van der Waals surface area contributed by atoms with Gasteiger partial charge in [0.2, 0.25) is 0 Å². The number of alkyl halides is 1. The van der Waals surface area contributed by atoms with E-state index >= 15 is 0 Å². The monoisotopic (exact) mass is 438 g/mol. The fourth-order valence-electron chi connectivity index (χ4n) is 3.01. The Labute approximate surface area is 167 Å². The normalized spacial score (nSPS) is 12.7. The van der Waals surface area contributed by atoms with Gasteiger partial charge in [0.05, 0.1) is 0 Å². The Bertz CT molecular complexity index is 272. The van der Waals surface area contributed by atoms with Crippen LogP contribution in [0, 0.1) is 0 Å². The maximum atomic E-state index is 6.23. The molecular weight excluding hydrogens is 396 g/mol. The molecule has 0 atom stereocenters. The quantitative estimate of drug-likeness (QED) is 0.137. The summed E-state index contributed by atoms with van der Waals surface area (Å²) in [6.07, 6.45) is 12.3. The van der Waals surface area contributed by atoms with Crippen LogP contribution in [0.15, 0.2) is 0 Å². The molecule has 0 aromatic carbocycles. The van der Waals surface area contributed by atoms with Crippen LogP contribution in [-0.4, -0.2) is 32.4 Å². The van der Waals surface area contributed by atoms with Crippen LogP contribution in [0.25, 0.3) is 0 Å². The van der Waals surface area contributed by atoms with Gasteiger partial charge in [0.15, 0.2) is 0 Å². The van der Waals surface area contributed by atoms with Crippen LogP contribution in [-0.2, 0) is 13.3 Å². The summed E-state index contributed by atoms with van der Waals surface area (Å²) in [4.78, 5) is 0. The van der Waals surface area contributed by atoms with E-state index < -0.39 is 8.80 Å². The summed E-state index contributed by atoms with van der Waals surface area (Å²) in [5, 5.41) is 1.15. The van der Waals surface area contributed by atoms with Crippen LogP contribution in [0.2, 0.25) is 6.04 Å². The van der Waals surface area contributed by atoms with Crippen molar-refractivity contribution < 1.29 is 13.3 Å². The summed E-state index contributed by atoms with van der Waals surface area (Å²) >= 11 is 3.49. The third-order valence-corrected chi connectivity index (χ3v) is 7.88. The molecule has 0 amide bonds. The molecule has 0 unspecified atom stereocenters. The number of unbranched alkanes of at least 4 members (excludes halogenated alkanes) is 8. The van der Waals surface area contributed by atoms with Crippen LogP contribution in [0.1, 0.15) is 99.3 Å². The molecule has 0 saturated heterocycles. The molecule has 0 aliphatic rings. The minimum absolute atomic E-state index is 0.142. The third kappa shape index (κ3) is 15.3. The van der Waals surface area contributed by atoms with Crippen molar-refractivity contribution in [3.8, 4) is 0 Å². The van der Waals surface area contributed by atoms with Gasteiger partial charge >= 0.3 is 8.80 Å². The summed E-state index contributed by atoms with van der Waals surface area (Å²) in [7, 11) is -2.58. The van der Waals surface area contributed by atoms with E-state index in [1.165, 1.54) is 51.4 Å². The molecule has 0 aromatic rings. The number of hydrogen-bond acceptors (Lipinski definition) is 3. The third-order valence-electron chi connectivity index (χ3n) is 3.86. The van der Waals surface area contributed by atoms with Gasteiger partial charge in [0.25, 0.3) is 0 Å². The second-order valence-corrected chi connectivity index (χ2v) is 11.2. The van der Waals surface area contributed by atoms with Crippen LogP contribution in [0.3, 0.4) is 0 Å². The van der Waals surface area contributed by atoms with Gasteiger partial charge in [-0.15, -0.1) is 0 Å². The summed E-state index contributed by atoms with van der Waals surface area (Å²) < 4.78 is 18.7. The Morgan fingerprint density at radius 1 is 0.560 bits per heavy atom. The molecule has 0 N–H and O–H groups in total. The molecule has 152 valence electrons. The van der Waals surface area contributed by atoms with Gasteiger partial charge < -0.3 is 13.3 Å². The Hall–Kier alpha value is 0.577. The van der Waals surface area contributed by atoms with E-state index in [-0.39, 0.29) is 18.3 Å². The SMILES string of the molecule is CC(C)O[Si](CCCCCCCCCCCBr)(OC(C)C)OC(C)C. The minimum atomic E-state index is -2.58. The standard InChI is InChI=1S/C20H43BrO3Si/c1-18(2)22-25(23-19(3)4,24-20(5)6)17-15-13-11-9-7-8-10-12-14-16-21/h18-20H,7-17H2,1-6H3. The maximum Gasteiger partial charge on any atom is 0.501 e. The van der Waals surface area contributed by atoms with Crippen molar-refractivity contribution in [3.05, 3.63) is 0 Å². The van der Waals surface area contributed by atoms with Crippen molar-refractivity contribution in [2.75, 3.05) is 5.33 Å². The van der Waals surface area contributed by atoms with Gasteiger partial charge in [-0.3, -0.25) is 0 Å². The molecule has 25 heavy (non-hydrogen) atoms. The Morgan fingerprint density at radius 3 is 1.20 bits per heavy atom. The summed E-state index contributed by atoms with van der Waals surface area (Å²) in [6, 6.07) is 0.937. The summed E-state index contributed by atoms with van der Waals surface area (Å²) in [6.45, 7) is 12.4. The van der Waals surface area contributed by atoms with Crippen LogP contribution < -0.4 is 0 Å². The van der Waals surface area contributed by atoms with Crippen molar-refractivity contribution in [2.45, 2.75) is 124 Å². The summed E-state index contributed by atoms with van der Waals surface area (Å²) in [5.74, 6) is 0. The van der Waals surface area contributed by atoms with Crippen molar-refractivity contribution in [1.82, 2.24) is 0 Å². The van der Waals surface area contributed by atoms with Gasteiger partial charge in [-0.05, 0) is 54.4 Å². The molecule has 0 saturated carbocycles. The topological polar surface area (TPSA) is 27.7 Å². The first-order chi connectivity index (χ1) is 11.8. The van der Waals surface area contributed by atoms with E-state index in [4.69, 9.17) is 13.3 Å². The predicted molar refractivity (Wildman–Crippen MR) is 115 cm³/mol. The molecule has 5 heteroatoms. The highest BCUT2D eigenvalue weighted by Gasteiger charge is 2.43. The van der Waals surface area contributed by atoms with Crippen molar-refractivity contribution in [3.63, 3.8) is 0 Å². The lowest BCUT2D eigenvalue weighted by Crippen LogP contribution is -2.50. The average Bonchev–Trinajstić information content (AvgIpc) is 2.47. The Balaban J connectivity index is 4.15. The molecule has 0 aliphatic heterocycles. The molecule has 0 fully saturated rings. The molecule has 0 radical (unpaired) electrons. The van der Waals surface area contributed by atoms with Gasteiger partial charge in [-0.25, -0.2) is 0 Å². The molecule has 0 spiro atoms. The zero-order valence-corrected chi connectivity index (χ0v) is 20.2.